The SMILES string of the molecule is Cc1nc(C(=O)N2Cc3ccccc3CC2C(=O)O)n[nH]1. The first-order valence-corrected chi connectivity index (χ1v) is 6.56. The molecule has 0 aliphatic carbocycles. The fourth-order valence-corrected chi connectivity index (χ4v) is 2.52. The Labute approximate surface area is 120 Å². The summed E-state index contributed by atoms with van der Waals surface area (Å²) < 4.78 is 0. The first-order valence-electron chi connectivity index (χ1n) is 6.56. The molecule has 1 unspecified atom stereocenters. The van der Waals surface area contributed by atoms with Crippen LogP contribution >= 0.6 is 0 Å². The Hall–Kier alpha value is -2.70. The minimum absolute atomic E-state index is 0.00173. The van der Waals surface area contributed by atoms with E-state index >= 15 is 0 Å². The van der Waals surface area contributed by atoms with Crippen LogP contribution in [0.5, 0.6) is 0 Å². The number of aliphatic carboxylic acids is 1. The summed E-state index contributed by atoms with van der Waals surface area (Å²) in [6.07, 6.45) is 0.292. The van der Waals surface area contributed by atoms with E-state index in [2.05, 4.69) is 15.2 Å². The molecule has 1 aromatic heterocycles. The van der Waals surface area contributed by atoms with E-state index in [1.54, 1.807) is 6.92 Å². The average molecular weight is 286 g/mol. The number of amides is 1. The standard InChI is InChI=1S/C14H14N4O3/c1-8-15-12(17-16-8)13(19)18-7-10-5-3-2-4-9(10)6-11(18)14(20)21/h2-5,11H,6-7H2,1H3,(H,20,21)(H,15,16,17). The molecule has 0 spiro atoms. The van der Waals surface area contributed by atoms with Gasteiger partial charge in [0.2, 0.25) is 5.82 Å². The van der Waals surface area contributed by atoms with Crippen molar-refractivity contribution >= 4 is 11.9 Å². The molecular weight excluding hydrogens is 272 g/mol. The molecule has 108 valence electrons. The van der Waals surface area contributed by atoms with Gasteiger partial charge in [0.05, 0.1) is 0 Å². The van der Waals surface area contributed by atoms with Crippen LogP contribution in [-0.2, 0) is 17.8 Å². The maximum absolute atomic E-state index is 12.5. The summed E-state index contributed by atoms with van der Waals surface area (Å²) >= 11 is 0. The molecule has 2 heterocycles. The zero-order chi connectivity index (χ0) is 15.0. The van der Waals surface area contributed by atoms with Gasteiger partial charge in [-0.25, -0.2) is 9.78 Å². The van der Waals surface area contributed by atoms with Crippen LogP contribution in [0.3, 0.4) is 0 Å². The summed E-state index contributed by atoms with van der Waals surface area (Å²) in [5.74, 6) is -0.980. The predicted molar refractivity (Wildman–Crippen MR) is 72.6 cm³/mol. The van der Waals surface area contributed by atoms with E-state index < -0.39 is 17.9 Å². The van der Waals surface area contributed by atoms with E-state index in [4.69, 9.17) is 0 Å². The number of aromatic nitrogens is 3. The van der Waals surface area contributed by atoms with Crippen LogP contribution in [0.1, 0.15) is 27.6 Å². The van der Waals surface area contributed by atoms with Gasteiger partial charge in [-0.3, -0.25) is 9.89 Å². The van der Waals surface area contributed by atoms with Crippen LogP contribution < -0.4 is 0 Å². The highest BCUT2D eigenvalue weighted by Gasteiger charge is 2.36. The molecule has 21 heavy (non-hydrogen) atoms. The minimum Gasteiger partial charge on any atom is -0.480 e. The van der Waals surface area contributed by atoms with E-state index in [1.165, 1.54) is 4.90 Å². The second-order valence-corrected chi connectivity index (χ2v) is 5.00. The molecule has 0 saturated carbocycles. The summed E-state index contributed by atoms with van der Waals surface area (Å²) in [5, 5.41) is 15.8. The molecule has 3 rings (SSSR count). The molecule has 2 N–H and O–H groups in total. The second kappa shape index (κ2) is 5.01. The van der Waals surface area contributed by atoms with Crippen LogP contribution in [0.25, 0.3) is 0 Å². The van der Waals surface area contributed by atoms with E-state index in [-0.39, 0.29) is 12.4 Å². The van der Waals surface area contributed by atoms with Gasteiger partial charge in [0.1, 0.15) is 11.9 Å². The van der Waals surface area contributed by atoms with E-state index in [0.717, 1.165) is 11.1 Å². The van der Waals surface area contributed by atoms with Crippen molar-refractivity contribution in [1.82, 2.24) is 20.1 Å². The number of aromatic amines is 1. The smallest absolute Gasteiger partial charge is 0.326 e. The zero-order valence-electron chi connectivity index (χ0n) is 11.4. The number of hydrogen-bond donors (Lipinski definition) is 2. The van der Waals surface area contributed by atoms with Gasteiger partial charge in [-0.05, 0) is 18.1 Å². The van der Waals surface area contributed by atoms with Gasteiger partial charge >= 0.3 is 5.97 Å². The topological polar surface area (TPSA) is 99.2 Å². The van der Waals surface area contributed by atoms with Crippen LogP contribution in [0, 0.1) is 6.92 Å². The fourth-order valence-electron chi connectivity index (χ4n) is 2.52. The van der Waals surface area contributed by atoms with Crippen LogP contribution in [0.15, 0.2) is 24.3 Å². The van der Waals surface area contributed by atoms with E-state index in [1.807, 2.05) is 24.3 Å². The second-order valence-electron chi connectivity index (χ2n) is 5.00. The molecule has 1 aromatic carbocycles. The number of carboxylic acids is 1. The molecular formula is C14H14N4O3. The van der Waals surface area contributed by atoms with Gasteiger partial charge in [-0.2, -0.15) is 0 Å². The van der Waals surface area contributed by atoms with Crippen molar-refractivity contribution in [3.8, 4) is 0 Å². The van der Waals surface area contributed by atoms with Gasteiger partial charge in [0.15, 0.2) is 0 Å². The molecule has 7 nitrogen and oxygen atoms in total. The highest BCUT2D eigenvalue weighted by atomic mass is 16.4. The van der Waals surface area contributed by atoms with Crippen molar-refractivity contribution in [2.24, 2.45) is 0 Å². The predicted octanol–water partition coefficient (Wildman–Crippen LogP) is 0.765. The summed E-state index contributed by atoms with van der Waals surface area (Å²) in [7, 11) is 0. The van der Waals surface area contributed by atoms with E-state index in [9.17, 15) is 14.7 Å². The molecule has 7 heteroatoms. The normalized spacial score (nSPS) is 17.4. The third-order valence-corrected chi connectivity index (χ3v) is 3.58. The number of nitrogens with one attached hydrogen (secondary N) is 1. The largest absolute Gasteiger partial charge is 0.480 e. The Morgan fingerprint density at radius 2 is 2.05 bits per heavy atom. The van der Waals surface area contributed by atoms with Crippen LogP contribution in [0.2, 0.25) is 0 Å². The molecule has 0 radical (unpaired) electrons. The Balaban J connectivity index is 1.96. The lowest BCUT2D eigenvalue weighted by atomic mass is 9.94. The molecule has 1 amide bonds. The van der Waals surface area contributed by atoms with Crippen molar-refractivity contribution < 1.29 is 14.7 Å². The zero-order valence-corrected chi connectivity index (χ0v) is 11.4. The lowest BCUT2D eigenvalue weighted by molar-refractivity contribution is -0.142. The van der Waals surface area contributed by atoms with Crippen molar-refractivity contribution in [2.75, 3.05) is 0 Å². The third kappa shape index (κ3) is 2.37. The Morgan fingerprint density at radius 3 is 2.67 bits per heavy atom. The Kier molecular flexibility index (Phi) is 3.17. The minimum atomic E-state index is -1.02. The van der Waals surface area contributed by atoms with Crippen molar-refractivity contribution in [2.45, 2.75) is 25.9 Å². The maximum Gasteiger partial charge on any atom is 0.326 e. The van der Waals surface area contributed by atoms with Gasteiger partial charge in [0.25, 0.3) is 5.91 Å². The highest BCUT2D eigenvalue weighted by Crippen LogP contribution is 2.24. The van der Waals surface area contributed by atoms with Gasteiger partial charge < -0.3 is 10.0 Å². The number of carboxylic acid groups (broad SMARTS) is 1. The molecule has 0 bridgehead atoms. The van der Waals surface area contributed by atoms with Crippen molar-refractivity contribution in [1.29, 1.82) is 0 Å². The quantitative estimate of drug-likeness (QED) is 0.849. The molecule has 1 atom stereocenters. The molecule has 2 aromatic rings. The number of rotatable bonds is 2. The number of aryl methyl sites for hydroxylation is 1. The molecule has 0 saturated heterocycles. The third-order valence-electron chi connectivity index (χ3n) is 3.58. The van der Waals surface area contributed by atoms with Crippen molar-refractivity contribution in [3.63, 3.8) is 0 Å². The highest BCUT2D eigenvalue weighted by molar-refractivity contribution is 5.93. The lowest BCUT2D eigenvalue weighted by Gasteiger charge is -2.33. The fraction of sp³-hybridized carbons (Fsp3) is 0.286. The summed E-state index contributed by atoms with van der Waals surface area (Å²) in [6.45, 7) is 1.93. The summed E-state index contributed by atoms with van der Waals surface area (Å²) in [6, 6.07) is 6.64. The van der Waals surface area contributed by atoms with Gasteiger partial charge in [-0.1, -0.05) is 24.3 Å². The number of fused-ring (bicyclic) bond motifs is 1. The monoisotopic (exact) mass is 286 g/mol. The number of H-pyrrole nitrogens is 1. The number of nitrogens with zero attached hydrogens (tertiary/aromatic N) is 3. The Morgan fingerprint density at radius 1 is 1.33 bits per heavy atom. The molecule has 0 fully saturated rings. The summed E-state index contributed by atoms with van der Waals surface area (Å²) in [5.41, 5.74) is 1.91. The van der Waals surface area contributed by atoms with Gasteiger partial charge in [-0.15, -0.1) is 5.10 Å². The summed E-state index contributed by atoms with van der Waals surface area (Å²) in [4.78, 5) is 29.2. The Bertz CT molecular complexity index is 710. The first-order chi connectivity index (χ1) is 10.1. The molecule has 1 aliphatic heterocycles. The average Bonchev–Trinajstić information content (AvgIpc) is 2.91. The molecule has 1 aliphatic rings. The number of benzene rings is 1. The van der Waals surface area contributed by atoms with Crippen LogP contribution in [0.4, 0.5) is 0 Å². The number of carbonyl (C=O) groups excluding carboxylic acids is 1. The number of carbonyl (C=O) groups is 2. The first kappa shape index (κ1) is 13.3. The van der Waals surface area contributed by atoms with Crippen LogP contribution in [-0.4, -0.2) is 43.1 Å². The van der Waals surface area contributed by atoms with Gasteiger partial charge in [0, 0.05) is 13.0 Å². The number of hydrogen-bond acceptors (Lipinski definition) is 4. The lowest BCUT2D eigenvalue weighted by Crippen LogP contribution is -2.48. The van der Waals surface area contributed by atoms with Crippen molar-refractivity contribution in [3.05, 3.63) is 47.0 Å². The maximum atomic E-state index is 12.5. The van der Waals surface area contributed by atoms with E-state index in [0.29, 0.717) is 12.2 Å².